The van der Waals surface area contributed by atoms with Gasteiger partial charge in [0.05, 0.1) is 21.3 Å². The van der Waals surface area contributed by atoms with E-state index in [1.807, 2.05) is 0 Å². The molecule has 0 aliphatic heterocycles. The van der Waals surface area contributed by atoms with Crippen LogP contribution < -0.4 is 5.32 Å². The van der Waals surface area contributed by atoms with Gasteiger partial charge in [0, 0.05) is 12.1 Å². The fourth-order valence-electron chi connectivity index (χ4n) is 3.36. The molecule has 1 aliphatic carbocycles. The second-order valence-electron chi connectivity index (χ2n) is 7.43. The largest absolute Gasteiger partial charge is 0.419 e. The minimum absolute atomic E-state index is 0.0494. The zero-order valence-corrected chi connectivity index (χ0v) is 16.9. The molecule has 12 heteroatoms. The third kappa shape index (κ3) is 5.05. The van der Waals surface area contributed by atoms with Crippen molar-refractivity contribution in [3.63, 3.8) is 0 Å². The lowest BCUT2D eigenvalue weighted by Gasteiger charge is -2.35. The Morgan fingerprint density at radius 3 is 2.22 bits per heavy atom. The number of sulfone groups is 1. The molecule has 1 aliphatic rings. The molecule has 4 nitrogen and oxygen atoms in total. The quantitative estimate of drug-likeness (QED) is 0.619. The van der Waals surface area contributed by atoms with Crippen molar-refractivity contribution in [1.29, 1.82) is 0 Å². The van der Waals surface area contributed by atoms with Crippen LogP contribution in [0.3, 0.4) is 0 Å². The van der Waals surface area contributed by atoms with Crippen LogP contribution in [-0.4, -0.2) is 26.1 Å². The molecular formula is C20H16F7NO3S. The van der Waals surface area contributed by atoms with Crippen LogP contribution in [0, 0.1) is 11.7 Å². The van der Waals surface area contributed by atoms with Crippen LogP contribution in [0.25, 0.3) is 0 Å². The number of benzene rings is 2. The Bertz CT molecular complexity index is 1120. The number of alkyl halides is 6. The number of rotatable bonds is 5. The van der Waals surface area contributed by atoms with Gasteiger partial charge in [0.15, 0.2) is 9.84 Å². The van der Waals surface area contributed by atoms with Gasteiger partial charge in [-0.2, -0.15) is 26.3 Å². The van der Waals surface area contributed by atoms with E-state index in [0.29, 0.717) is 18.2 Å². The summed E-state index contributed by atoms with van der Waals surface area (Å²) < 4.78 is 115. The Morgan fingerprint density at radius 2 is 1.62 bits per heavy atom. The summed E-state index contributed by atoms with van der Waals surface area (Å²) in [4.78, 5) is 11.6. The first-order valence-electron chi connectivity index (χ1n) is 9.25. The summed E-state index contributed by atoms with van der Waals surface area (Å²) in [6.07, 6.45) is -9.53. The van der Waals surface area contributed by atoms with Gasteiger partial charge in [-0.1, -0.05) is 6.07 Å². The van der Waals surface area contributed by atoms with Gasteiger partial charge in [0.25, 0.3) is 5.91 Å². The molecule has 1 fully saturated rings. The number of nitrogens with one attached hydrogen (secondary N) is 1. The predicted octanol–water partition coefficient (Wildman–Crippen LogP) is 4.85. The maximum atomic E-state index is 13.3. The molecular weight excluding hydrogens is 467 g/mol. The zero-order chi connectivity index (χ0) is 23.9. The average molecular weight is 483 g/mol. The molecule has 1 saturated carbocycles. The topological polar surface area (TPSA) is 63.2 Å². The van der Waals surface area contributed by atoms with Gasteiger partial charge < -0.3 is 5.32 Å². The van der Waals surface area contributed by atoms with E-state index < -0.39 is 60.8 Å². The lowest BCUT2D eigenvalue weighted by Crippen LogP contribution is -2.42. The van der Waals surface area contributed by atoms with Crippen LogP contribution in [0.4, 0.5) is 30.7 Å². The van der Waals surface area contributed by atoms with Gasteiger partial charge in [-0.05, 0) is 55.2 Å². The number of carbonyl (C=O) groups is 1. The van der Waals surface area contributed by atoms with Gasteiger partial charge in [-0.15, -0.1) is 0 Å². The predicted molar refractivity (Wildman–Crippen MR) is 98.9 cm³/mol. The number of carbonyl (C=O) groups excluding carboxylic acids is 1. The van der Waals surface area contributed by atoms with Gasteiger partial charge in [-0.3, -0.25) is 4.79 Å². The van der Waals surface area contributed by atoms with E-state index in [1.165, 1.54) is 0 Å². The summed E-state index contributed by atoms with van der Waals surface area (Å²) in [7, 11) is -4.01. The minimum atomic E-state index is -4.97. The molecule has 0 unspecified atom stereocenters. The van der Waals surface area contributed by atoms with Crippen molar-refractivity contribution in [2.75, 3.05) is 6.54 Å². The first kappa shape index (κ1) is 24.0. The van der Waals surface area contributed by atoms with Crippen molar-refractivity contribution >= 4 is 15.7 Å². The van der Waals surface area contributed by atoms with Gasteiger partial charge in [-0.25, -0.2) is 12.8 Å². The molecule has 2 aromatic carbocycles. The van der Waals surface area contributed by atoms with Crippen LogP contribution >= 0.6 is 0 Å². The summed E-state index contributed by atoms with van der Waals surface area (Å²) in [5, 5.41) is 1.43. The second kappa shape index (κ2) is 8.38. The van der Waals surface area contributed by atoms with Crippen LogP contribution in [0.15, 0.2) is 47.4 Å². The SMILES string of the molecule is O=C(NCC1CC(S(=O)(=O)c2cccc(C(F)(F)F)c2)C1)c1ccc(F)c(C(F)(F)F)c1. The number of hydrogen-bond donors (Lipinski definition) is 1. The van der Waals surface area contributed by atoms with E-state index >= 15 is 0 Å². The Morgan fingerprint density at radius 1 is 0.969 bits per heavy atom. The highest BCUT2D eigenvalue weighted by molar-refractivity contribution is 7.92. The molecule has 1 N–H and O–H groups in total. The Kier molecular flexibility index (Phi) is 6.29. The molecule has 0 saturated heterocycles. The molecule has 174 valence electrons. The first-order valence-corrected chi connectivity index (χ1v) is 10.8. The molecule has 0 bridgehead atoms. The Hall–Kier alpha value is -2.63. The molecule has 1 amide bonds. The summed E-state index contributed by atoms with van der Waals surface area (Å²) >= 11 is 0. The highest BCUT2D eigenvalue weighted by Gasteiger charge is 2.41. The maximum Gasteiger partial charge on any atom is 0.419 e. The van der Waals surface area contributed by atoms with Gasteiger partial charge in [0.1, 0.15) is 5.82 Å². The van der Waals surface area contributed by atoms with E-state index in [0.717, 1.165) is 24.3 Å². The van der Waals surface area contributed by atoms with Crippen LogP contribution in [0.5, 0.6) is 0 Å². The lowest BCUT2D eigenvalue weighted by atomic mass is 9.84. The minimum Gasteiger partial charge on any atom is -0.352 e. The zero-order valence-electron chi connectivity index (χ0n) is 16.1. The molecule has 0 spiro atoms. The number of halogens is 7. The van der Waals surface area contributed by atoms with Crippen molar-refractivity contribution in [3.05, 3.63) is 65.0 Å². The molecule has 2 aromatic rings. The standard InChI is InChI=1S/C20H16F7NO3S/c21-17-5-4-12(8-16(17)20(25,26)27)18(29)28-10-11-6-15(7-11)32(30,31)14-3-1-2-13(9-14)19(22,23)24/h1-5,8-9,11,15H,6-7,10H2,(H,28,29). The fourth-order valence-corrected chi connectivity index (χ4v) is 5.35. The third-order valence-electron chi connectivity index (χ3n) is 5.21. The summed E-state index contributed by atoms with van der Waals surface area (Å²) in [5.74, 6) is -2.73. The van der Waals surface area contributed by atoms with E-state index in [-0.39, 0.29) is 25.3 Å². The van der Waals surface area contributed by atoms with Crippen LogP contribution in [-0.2, 0) is 22.2 Å². The van der Waals surface area contributed by atoms with E-state index in [1.54, 1.807) is 0 Å². The van der Waals surface area contributed by atoms with Crippen LogP contribution in [0.1, 0.15) is 34.3 Å². The summed E-state index contributed by atoms with van der Waals surface area (Å²) in [6, 6.07) is 5.21. The third-order valence-corrected chi connectivity index (χ3v) is 7.38. The molecule has 3 rings (SSSR count). The maximum absolute atomic E-state index is 13.3. The smallest absolute Gasteiger partial charge is 0.352 e. The highest BCUT2D eigenvalue weighted by Crippen LogP contribution is 2.38. The Balaban J connectivity index is 1.60. The van der Waals surface area contributed by atoms with Crippen molar-refractivity contribution in [2.45, 2.75) is 35.3 Å². The van der Waals surface area contributed by atoms with E-state index in [2.05, 4.69) is 5.32 Å². The molecule has 0 aromatic heterocycles. The average Bonchev–Trinajstić information content (AvgIpc) is 2.65. The van der Waals surface area contributed by atoms with Crippen molar-refractivity contribution in [3.8, 4) is 0 Å². The summed E-state index contributed by atoms with van der Waals surface area (Å²) in [6.45, 7) is -0.0494. The molecule has 0 radical (unpaired) electrons. The fraction of sp³-hybridized carbons (Fsp3) is 0.350. The number of hydrogen-bond acceptors (Lipinski definition) is 3. The van der Waals surface area contributed by atoms with Gasteiger partial charge in [0.2, 0.25) is 0 Å². The second-order valence-corrected chi connectivity index (χ2v) is 9.66. The van der Waals surface area contributed by atoms with Crippen molar-refractivity contribution in [2.24, 2.45) is 5.92 Å². The van der Waals surface area contributed by atoms with E-state index in [4.69, 9.17) is 0 Å². The van der Waals surface area contributed by atoms with Crippen LogP contribution in [0.2, 0.25) is 0 Å². The van der Waals surface area contributed by atoms with Gasteiger partial charge >= 0.3 is 12.4 Å². The first-order chi connectivity index (χ1) is 14.7. The highest BCUT2D eigenvalue weighted by atomic mass is 32.2. The van der Waals surface area contributed by atoms with Crippen molar-refractivity contribution in [1.82, 2.24) is 5.32 Å². The molecule has 0 heterocycles. The lowest BCUT2D eigenvalue weighted by molar-refractivity contribution is -0.140. The Labute approximate surface area is 178 Å². The molecule has 32 heavy (non-hydrogen) atoms. The monoisotopic (exact) mass is 483 g/mol. The van der Waals surface area contributed by atoms with E-state index in [9.17, 15) is 43.9 Å². The molecule has 0 atom stereocenters. The van der Waals surface area contributed by atoms with Crippen molar-refractivity contribution < 1.29 is 43.9 Å². The summed E-state index contributed by atoms with van der Waals surface area (Å²) in [5.41, 5.74) is -3.08. The normalized spacial score (nSPS) is 19.3. The number of amides is 1.